The molecule has 0 saturated heterocycles. The van der Waals surface area contributed by atoms with E-state index in [1.165, 1.54) is 22.2 Å². The molecule has 6 aromatic rings. The Morgan fingerprint density at radius 3 is 1.81 bits per heavy atom. The fourth-order valence-electron chi connectivity index (χ4n) is 5.28. The van der Waals surface area contributed by atoms with Crippen LogP contribution in [0.5, 0.6) is 11.5 Å². The molecule has 6 rings (SSSR count). The predicted molar refractivity (Wildman–Crippen MR) is 173 cm³/mol. The third-order valence-corrected chi connectivity index (χ3v) is 11.9. The molecule has 0 aliphatic rings. The molecule has 210 valence electrons. The number of nitrogens with zero attached hydrogens (tertiary/aromatic N) is 3. The molecule has 1 aromatic heterocycles. The quantitative estimate of drug-likeness (QED) is 0.217. The number of ether oxygens (including phenoxy) is 1. The molecule has 0 aliphatic carbocycles. The molecular weight excluding hydrogens is 637 g/mol. The number of halogens is 2. The van der Waals surface area contributed by atoms with E-state index in [0.717, 1.165) is 11.7 Å². The van der Waals surface area contributed by atoms with Crippen LogP contribution in [0.15, 0.2) is 146 Å². The van der Waals surface area contributed by atoms with Gasteiger partial charge in [-0.2, -0.15) is 5.26 Å². The van der Waals surface area contributed by atoms with Crippen molar-refractivity contribution in [2.45, 2.75) is 6.16 Å². The van der Waals surface area contributed by atoms with Gasteiger partial charge in [-0.25, -0.2) is 9.97 Å². The number of benzene rings is 5. The first-order valence-corrected chi connectivity index (χ1v) is 15.8. The van der Waals surface area contributed by atoms with Crippen molar-refractivity contribution in [1.82, 2.24) is 9.97 Å². The molecule has 1 heterocycles. The van der Waals surface area contributed by atoms with E-state index in [1.807, 2.05) is 24.3 Å². The van der Waals surface area contributed by atoms with Crippen LogP contribution in [0.2, 0.25) is 5.02 Å². The number of hydrogen-bond acceptors (Lipinski definition) is 4. The van der Waals surface area contributed by atoms with Gasteiger partial charge in [-0.15, -0.1) is 0 Å². The minimum absolute atomic E-state index is 0. The molecule has 0 N–H and O–H groups in total. The Morgan fingerprint density at radius 1 is 0.698 bits per heavy atom. The standard InChI is InChI=1S/C36H26ClN3OP.BrH/c37-33-23-27(19-20-36(33)41-35-18-10-17-31(32(35)24-38)34-21-22-39-26-40-34)25-42(28-11-4-1-5-12-28,29-13-6-2-7-14-29)30-15-8-3-9-16-30;/h1-23,26H,25H2;1H/q+1;/p-1. The van der Waals surface area contributed by atoms with Crippen LogP contribution >= 0.6 is 18.9 Å². The number of aromatic nitrogens is 2. The largest absolute Gasteiger partial charge is 1.00 e. The van der Waals surface area contributed by atoms with E-state index in [2.05, 4.69) is 113 Å². The summed E-state index contributed by atoms with van der Waals surface area (Å²) in [6, 6.07) is 47.7. The maximum Gasteiger partial charge on any atom is 0.146 e. The fourth-order valence-corrected chi connectivity index (χ4v) is 9.75. The Bertz CT molecular complexity index is 1750. The molecule has 0 unspecified atom stereocenters. The Labute approximate surface area is 267 Å². The zero-order valence-corrected chi connectivity index (χ0v) is 26.3. The lowest BCUT2D eigenvalue weighted by molar-refractivity contribution is -0.00000886. The lowest BCUT2D eigenvalue weighted by Gasteiger charge is -2.28. The minimum atomic E-state index is -2.08. The summed E-state index contributed by atoms with van der Waals surface area (Å²) in [5.41, 5.74) is 2.82. The minimum Gasteiger partial charge on any atom is -1.00 e. The highest BCUT2D eigenvalue weighted by Gasteiger charge is 2.45. The summed E-state index contributed by atoms with van der Waals surface area (Å²) in [6.07, 6.45) is 3.90. The fraction of sp³-hybridized carbons (Fsp3) is 0.0278. The number of hydrogen-bond donors (Lipinski definition) is 0. The van der Waals surface area contributed by atoms with E-state index in [-0.39, 0.29) is 17.0 Å². The zero-order chi connectivity index (χ0) is 28.8. The molecule has 5 aromatic carbocycles. The second-order valence-corrected chi connectivity index (χ2v) is 13.6. The van der Waals surface area contributed by atoms with E-state index in [4.69, 9.17) is 16.3 Å². The van der Waals surface area contributed by atoms with Crippen LogP contribution in [0.25, 0.3) is 11.3 Å². The third-order valence-electron chi connectivity index (χ3n) is 7.22. The molecule has 0 atom stereocenters. The van der Waals surface area contributed by atoms with Crippen molar-refractivity contribution in [2.75, 3.05) is 0 Å². The van der Waals surface area contributed by atoms with Gasteiger partial charge >= 0.3 is 0 Å². The van der Waals surface area contributed by atoms with Gasteiger partial charge in [0, 0.05) is 11.8 Å². The summed E-state index contributed by atoms with van der Waals surface area (Å²) in [4.78, 5) is 8.28. The van der Waals surface area contributed by atoms with E-state index >= 15 is 0 Å². The van der Waals surface area contributed by atoms with E-state index in [0.29, 0.717) is 33.3 Å². The van der Waals surface area contributed by atoms with Crippen LogP contribution in [0, 0.1) is 11.3 Å². The zero-order valence-electron chi connectivity index (χ0n) is 23.0. The van der Waals surface area contributed by atoms with Crippen LogP contribution in [0.4, 0.5) is 0 Å². The van der Waals surface area contributed by atoms with Crippen LogP contribution in [-0.4, -0.2) is 9.97 Å². The first-order chi connectivity index (χ1) is 20.7. The summed E-state index contributed by atoms with van der Waals surface area (Å²) in [7, 11) is -2.08. The average molecular weight is 663 g/mol. The van der Waals surface area contributed by atoms with Gasteiger partial charge in [0.1, 0.15) is 52.6 Å². The first-order valence-electron chi connectivity index (χ1n) is 13.5. The summed E-state index contributed by atoms with van der Waals surface area (Å²) in [5, 5.41) is 14.4. The number of rotatable bonds is 8. The summed E-state index contributed by atoms with van der Waals surface area (Å²) >= 11 is 6.88. The Morgan fingerprint density at radius 2 is 1.30 bits per heavy atom. The highest BCUT2D eigenvalue weighted by Crippen LogP contribution is 2.58. The van der Waals surface area contributed by atoms with Crippen molar-refractivity contribution in [1.29, 1.82) is 5.26 Å². The molecule has 0 radical (unpaired) electrons. The van der Waals surface area contributed by atoms with Crippen molar-refractivity contribution < 1.29 is 21.7 Å². The van der Waals surface area contributed by atoms with Gasteiger partial charge < -0.3 is 21.7 Å². The van der Waals surface area contributed by atoms with Gasteiger partial charge in [-0.05, 0) is 66.2 Å². The molecule has 43 heavy (non-hydrogen) atoms. The average Bonchev–Trinajstić information content (AvgIpc) is 3.06. The second-order valence-electron chi connectivity index (χ2n) is 9.73. The molecule has 0 amide bonds. The third kappa shape index (κ3) is 6.24. The Kier molecular flexibility index (Phi) is 9.65. The predicted octanol–water partition coefficient (Wildman–Crippen LogP) is 4.96. The highest BCUT2D eigenvalue weighted by molar-refractivity contribution is 7.95. The Balaban J connectivity index is 0.00000368. The summed E-state index contributed by atoms with van der Waals surface area (Å²) in [5.74, 6) is 0.905. The van der Waals surface area contributed by atoms with Crippen molar-refractivity contribution in [3.05, 3.63) is 162 Å². The molecule has 4 nitrogen and oxygen atoms in total. The normalized spacial score (nSPS) is 10.8. The summed E-state index contributed by atoms with van der Waals surface area (Å²) in [6.45, 7) is 0. The maximum absolute atomic E-state index is 10.0. The topological polar surface area (TPSA) is 58.8 Å². The molecule has 0 saturated carbocycles. The SMILES string of the molecule is N#Cc1c(Oc2ccc(C[P+](c3ccccc3)(c3ccccc3)c3ccccc3)cc2Cl)cccc1-c1ccncn1.[Br-]. The maximum atomic E-state index is 10.0. The van der Waals surface area contributed by atoms with Crippen molar-refractivity contribution >= 4 is 34.8 Å². The monoisotopic (exact) mass is 661 g/mol. The van der Waals surface area contributed by atoms with Crippen molar-refractivity contribution in [3.8, 4) is 28.8 Å². The van der Waals surface area contributed by atoms with Gasteiger partial charge in [-0.3, -0.25) is 0 Å². The van der Waals surface area contributed by atoms with Crippen molar-refractivity contribution in [2.24, 2.45) is 0 Å². The van der Waals surface area contributed by atoms with E-state index in [9.17, 15) is 5.26 Å². The molecule has 0 aliphatic heterocycles. The Hall–Kier alpha value is -4.33. The van der Waals surface area contributed by atoms with Gasteiger partial charge in [-0.1, -0.05) is 84.4 Å². The molecular formula is C36H26BrClN3OP. The lowest BCUT2D eigenvalue weighted by Crippen LogP contribution is -3.00. The first kappa shape index (κ1) is 30.1. The van der Waals surface area contributed by atoms with Gasteiger partial charge in [0.2, 0.25) is 0 Å². The van der Waals surface area contributed by atoms with Crippen LogP contribution < -0.4 is 37.6 Å². The smallest absolute Gasteiger partial charge is 0.146 e. The summed E-state index contributed by atoms with van der Waals surface area (Å²) < 4.78 is 6.24. The second kappa shape index (κ2) is 13.8. The molecule has 0 spiro atoms. The molecule has 0 fully saturated rings. The van der Waals surface area contributed by atoms with Crippen LogP contribution in [-0.2, 0) is 6.16 Å². The van der Waals surface area contributed by atoms with E-state index < -0.39 is 7.26 Å². The highest BCUT2D eigenvalue weighted by atomic mass is 79.9. The van der Waals surface area contributed by atoms with Gasteiger partial charge in [0.05, 0.1) is 16.9 Å². The molecule has 0 bridgehead atoms. The van der Waals surface area contributed by atoms with Gasteiger partial charge in [0.15, 0.2) is 0 Å². The van der Waals surface area contributed by atoms with Crippen LogP contribution in [0.1, 0.15) is 11.1 Å². The van der Waals surface area contributed by atoms with Crippen LogP contribution in [0.3, 0.4) is 0 Å². The van der Waals surface area contributed by atoms with Crippen molar-refractivity contribution in [3.63, 3.8) is 0 Å². The van der Waals surface area contributed by atoms with Gasteiger partial charge in [0.25, 0.3) is 0 Å². The lowest BCUT2D eigenvalue weighted by atomic mass is 10.0. The van der Waals surface area contributed by atoms with E-state index in [1.54, 1.807) is 18.3 Å². The number of nitriles is 1. The molecule has 7 heteroatoms.